The van der Waals surface area contributed by atoms with Gasteiger partial charge in [0, 0.05) is 40.6 Å². The summed E-state index contributed by atoms with van der Waals surface area (Å²) in [6, 6.07) is 6.76. The fourth-order valence-corrected chi connectivity index (χ4v) is 5.92. The Balaban J connectivity index is 1.84. The molecule has 1 aromatic carbocycles. The number of aliphatic hydroxyl groups excluding tert-OH is 1. The molecule has 0 unspecified atom stereocenters. The van der Waals surface area contributed by atoms with E-state index >= 15 is 0 Å². The van der Waals surface area contributed by atoms with Gasteiger partial charge in [0.05, 0.1) is 0 Å². The fraction of sp³-hybridized carbons (Fsp3) is 0.478. The van der Waals surface area contributed by atoms with Crippen LogP contribution in [-0.4, -0.2) is 29.5 Å². The number of benzene rings is 1. The predicted octanol–water partition coefficient (Wildman–Crippen LogP) is 5.95. The van der Waals surface area contributed by atoms with Gasteiger partial charge in [-0.25, -0.2) is 0 Å². The highest BCUT2D eigenvalue weighted by molar-refractivity contribution is 7.77. The molecule has 1 fully saturated rings. The zero-order chi connectivity index (χ0) is 20.1. The number of hydrogen-bond donors (Lipinski definition) is 2. The predicted molar refractivity (Wildman–Crippen MR) is 125 cm³/mol. The second-order valence-corrected chi connectivity index (χ2v) is 10.8. The zero-order valence-corrected chi connectivity index (χ0v) is 18.8. The Labute approximate surface area is 178 Å². The molecule has 2 heterocycles. The molecule has 1 aromatic heterocycles. The molecule has 2 aromatic rings. The fourth-order valence-electron chi connectivity index (χ4n) is 4.37. The van der Waals surface area contributed by atoms with Crippen LogP contribution in [0.1, 0.15) is 48.3 Å². The van der Waals surface area contributed by atoms with Gasteiger partial charge in [0.2, 0.25) is 0 Å². The van der Waals surface area contributed by atoms with E-state index in [1.54, 1.807) is 0 Å². The van der Waals surface area contributed by atoms with Gasteiger partial charge in [-0.3, -0.25) is 4.31 Å². The molecule has 1 N–H and O–H groups in total. The number of nitrogens with zero attached hydrogens (tertiary/aromatic N) is 2. The molecule has 3 nitrogen and oxygen atoms in total. The maximum absolute atomic E-state index is 10.5. The Bertz CT molecular complexity index is 910. The Kier molecular flexibility index (Phi) is 5.27. The lowest BCUT2D eigenvalue weighted by molar-refractivity contribution is 0.317. The van der Waals surface area contributed by atoms with Crippen LogP contribution in [0.15, 0.2) is 24.8 Å². The van der Waals surface area contributed by atoms with Crippen LogP contribution in [0.25, 0.3) is 16.2 Å². The lowest BCUT2D eigenvalue weighted by Crippen LogP contribution is -2.37. The number of rotatable bonds is 5. The molecular formula is C23H30N2OS2. The molecule has 1 aliphatic heterocycles. The van der Waals surface area contributed by atoms with Crippen LogP contribution in [0, 0.1) is 5.41 Å². The molecular weight excluding hydrogens is 384 g/mol. The molecule has 4 rings (SSSR count). The van der Waals surface area contributed by atoms with Gasteiger partial charge in [-0.1, -0.05) is 39.3 Å². The van der Waals surface area contributed by atoms with E-state index < -0.39 is 0 Å². The second kappa shape index (κ2) is 7.43. The highest BCUT2D eigenvalue weighted by Gasteiger charge is 2.32. The summed E-state index contributed by atoms with van der Waals surface area (Å²) in [6.07, 6.45) is 4.55. The molecule has 0 saturated carbocycles. The Hall–Kier alpha value is -1.43. The molecule has 2 aliphatic rings. The summed E-state index contributed by atoms with van der Waals surface area (Å²) in [6.45, 7) is 11.6. The van der Waals surface area contributed by atoms with Crippen molar-refractivity contribution in [2.75, 3.05) is 25.0 Å². The minimum atomic E-state index is 0.196. The largest absolute Gasteiger partial charge is 0.508 e. The summed E-state index contributed by atoms with van der Waals surface area (Å²) in [4.78, 5) is 4.99. The lowest BCUT2D eigenvalue weighted by atomic mass is 9.75. The standard InChI is InChI=1S/C23H30N2OS2/c1-15(26)21-19-13-23(2,3)9-8-20(19)28-22(21)18-7-6-17(25-10-5-11-25)12-16(18)14-24(4)27/h6-7,12,26-27H,1,5,8-11,13-14H2,2-4H3. The van der Waals surface area contributed by atoms with Crippen molar-refractivity contribution in [3.05, 3.63) is 46.3 Å². The van der Waals surface area contributed by atoms with Crippen molar-refractivity contribution in [2.45, 2.75) is 46.1 Å². The molecule has 5 heteroatoms. The van der Waals surface area contributed by atoms with Crippen molar-refractivity contribution >= 4 is 35.6 Å². The van der Waals surface area contributed by atoms with Crippen LogP contribution in [0.4, 0.5) is 5.69 Å². The summed E-state index contributed by atoms with van der Waals surface area (Å²) < 4.78 is 1.92. The number of aliphatic hydroxyl groups is 1. The average molecular weight is 415 g/mol. The van der Waals surface area contributed by atoms with Crippen LogP contribution in [0.5, 0.6) is 0 Å². The molecule has 1 saturated heterocycles. The Morgan fingerprint density at radius 1 is 1.36 bits per heavy atom. The maximum atomic E-state index is 10.5. The van der Waals surface area contributed by atoms with Gasteiger partial charge in [-0.05, 0) is 67.0 Å². The number of hydrogen-bond acceptors (Lipinski definition) is 5. The lowest BCUT2D eigenvalue weighted by Gasteiger charge is -2.34. The first-order valence-electron chi connectivity index (χ1n) is 10.1. The van der Waals surface area contributed by atoms with E-state index in [-0.39, 0.29) is 11.2 Å². The van der Waals surface area contributed by atoms with Crippen LogP contribution in [-0.2, 0) is 19.4 Å². The number of fused-ring (bicyclic) bond motifs is 1. The van der Waals surface area contributed by atoms with Crippen LogP contribution < -0.4 is 4.90 Å². The molecule has 0 radical (unpaired) electrons. The van der Waals surface area contributed by atoms with Crippen molar-refractivity contribution in [1.82, 2.24) is 4.31 Å². The van der Waals surface area contributed by atoms with E-state index in [4.69, 9.17) is 0 Å². The van der Waals surface area contributed by atoms with Crippen LogP contribution in [0.3, 0.4) is 0 Å². The smallest absolute Gasteiger partial charge is 0.117 e. The number of thiol groups is 1. The molecule has 150 valence electrons. The molecule has 1 aliphatic carbocycles. The zero-order valence-electron chi connectivity index (χ0n) is 17.1. The first-order valence-corrected chi connectivity index (χ1v) is 11.3. The van der Waals surface area contributed by atoms with Gasteiger partial charge in [0.1, 0.15) is 5.76 Å². The van der Waals surface area contributed by atoms with Gasteiger partial charge in [0.25, 0.3) is 0 Å². The third-order valence-electron chi connectivity index (χ3n) is 6.02. The average Bonchev–Trinajstić information content (AvgIpc) is 2.90. The molecule has 0 atom stereocenters. The SMILES string of the molecule is C=C(O)c1c(-c2ccc(N3CCC3)cc2CN(C)S)sc2c1CC(C)(C)CC2. The highest BCUT2D eigenvalue weighted by atomic mass is 32.1. The monoisotopic (exact) mass is 414 g/mol. The summed E-state index contributed by atoms with van der Waals surface area (Å²) >= 11 is 6.35. The van der Waals surface area contributed by atoms with Crippen molar-refractivity contribution in [1.29, 1.82) is 0 Å². The van der Waals surface area contributed by atoms with Gasteiger partial charge in [-0.15, -0.1) is 11.3 Å². The van der Waals surface area contributed by atoms with Crippen molar-refractivity contribution < 1.29 is 5.11 Å². The van der Waals surface area contributed by atoms with E-state index in [9.17, 15) is 5.11 Å². The normalized spacial score (nSPS) is 18.1. The number of anilines is 1. The van der Waals surface area contributed by atoms with Gasteiger partial charge in [0.15, 0.2) is 0 Å². The van der Waals surface area contributed by atoms with Gasteiger partial charge in [-0.2, -0.15) is 0 Å². The van der Waals surface area contributed by atoms with Crippen LogP contribution >= 0.6 is 24.2 Å². The van der Waals surface area contributed by atoms with Crippen molar-refractivity contribution in [3.8, 4) is 10.4 Å². The first-order chi connectivity index (χ1) is 13.2. The Morgan fingerprint density at radius 2 is 2.11 bits per heavy atom. The maximum Gasteiger partial charge on any atom is 0.117 e. The van der Waals surface area contributed by atoms with Gasteiger partial charge < -0.3 is 10.0 Å². The summed E-state index contributed by atoms with van der Waals surface area (Å²) in [5.41, 5.74) is 6.28. The van der Waals surface area contributed by atoms with E-state index in [1.807, 2.05) is 22.7 Å². The third kappa shape index (κ3) is 3.72. The summed E-state index contributed by atoms with van der Waals surface area (Å²) in [7, 11) is 1.98. The topological polar surface area (TPSA) is 26.7 Å². The minimum Gasteiger partial charge on any atom is -0.508 e. The van der Waals surface area contributed by atoms with E-state index in [0.29, 0.717) is 0 Å². The molecule has 0 amide bonds. The second-order valence-electron chi connectivity index (χ2n) is 8.99. The molecule has 0 bridgehead atoms. The molecule has 28 heavy (non-hydrogen) atoms. The van der Waals surface area contributed by atoms with E-state index in [0.717, 1.165) is 42.9 Å². The first kappa shape index (κ1) is 19.9. The number of aryl methyl sites for hydroxylation is 1. The summed E-state index contributed by atoms with van der Waals surface area (Å²) in [5.74, 6) is 0.196. The van der Waals surface area contributed by atoms with E-state index in [1.165, 1.54) is 40.1 Å². The van der Waals surface area contributed by atoms with Gasteiger partial charge >= 0.3 is 0 Å². The minimum absolute atomic E-state index is 0.196. The van der Waals surface area contributed by atoms with Crippen molar-refractivity contribution in [2.24, 2.45) is 5.41 Å². The van der Waals surface area contributed by atoms with Crippen LogP contribution in [0.2, 0.25) is 0 Å². The van der Waals surface area contributed by atoms with Crippen molar-refractivity contribution in [3.63, 3.8) is 0 Å². The quantitative estimate of drug-likeness (QED) is 0.468. The molecule has 0 spiro atoms. The third-order valence-corrected chi connectivity index (χ3v) is 7.48. The Morgan fingerprint density at radius 3 is 2.71 bits per heavy atom. The highest BCUT2D eigenvalue weighted by Crippen LogP contribution is 2.48. The summed E-state index contributed by atoms with van der Waals surface area (Å²) in [5, 5.41) is 10.5. The van der Waals surface area contributed by atoms with E-state index in [2.05, 4.69) is 56.3 Å². The number of thiophene rings is 1.